The fraction of sp³-hybridized carbons (Fsp3) is 0.750. The van der Waals surface area contributed by atoms with Gasteiger partial charge in [-0.15, -0.1) is 0 Å². The first-order valence-electron chi connectivity index (χ1n) is 6.55. The Morgan fingerprint density at radius 3 is 2.79 bits per heavy atom. The van der Waals surface area contributed by atoms with Crippen LogP contribution in [0.5, 0.6) is 0 Å². The van der Waals surface area contributed by atoms with Crippen LogP contribution in [-0.4, -0.2) is 49.7 Å². The van der Waals surface area contributed by atoms with E-state index in [0.717, 1.165) is 13.0 Å². The minimum atomic E-state index is -3.42. The van der Waals surface area contributed by atoms with Crippen molar-refractivity contribution >= 4 is 10.0 Å². The standard InChI is InChI=1S/C12H24N4O2S/c1-5-11(2)9-15(4)19(17,18)12-8-14-16(10-12)7-6-13-3/h8,10-11,13H,5-7,9H2,1-4H3. The van der Waals surface area contributed by atoms with E-state index >= 15 is 0 Å². The van der Waals surface area contributed by atoms with Crippen LogP contribution in [0.3, 0.4) is 0 Å². The van der Waals surface area contributed by atoms with E-state index in [1.54, 1.807) is 17.9 Å². The van der Waals surface area contributed by atoms with Gasteiger partial charge in [0.2, 0.25) is 10.0 Å². The van der Waals surface area contributed by atoms with Gasteiger partial charge in [0.25, 0.3) is 0 Å². The molecule has 0 bridgehead atoms. The number of hydrogen-bond donors (Lipinski definition) is 1. The van der Waals surface area contributed by atoms with E-state index in [9.17, 15) is 8.42 Å². The second-order valence-electron chi connectivity index (χ2n) is 4.84. The van der Waals surface area contributed by atoms with Crippen molar-refractivity contribution in [2.45, 2.75) is 31.7 Å². The highest BCUT2D eigenvalue weighted by Crippen LogP contribution is 2.15. The molecular weight excluding hydrogens is 264 g/mol. The smallest absolute Gasteiger partial charge is 0.245 e. The average Bonchev–Trinajstić information content (AvgIpc) is 2.85. The molecule has 0 saturated carbocycles. The Hall–Kier alpha value is -0.920. The van der Waals surface area contributed by atoms with E-state index in [4.69, 9.17) is 0 Å². The second kappa shape index (κ2) is 7.02. The minimum absolute atomic E-state index is 0.259. The zero-order valence-electron chi connectivity index (χ0n) is 12.1. The van der Waals surface area contributed by atoms with Gasteiger partial charge < -0.3 is 5.32 Å². The molecule has 1 aromatic rings. The van der Waals surface area contributed by atoms with Gasteiger partial charge in [0.15, 0.2) is 0 Å². The highest BCUT2D eigenvalue weighted by atomic mass is 32.2. The Balaban J connectivity index is 2.79. The normalized spacial score (nSPS) is 13.9. The summed E-state index contributed by atoms with van der Waals surface area (Å²) >= 11 is 0. The number of aromatic nitrogens is 2. The third-order valence-electron chi connectivity index (χ3n) is 3.17. The maximum absolute atomic E-state index is 12.3. The van der Waals surface area contributed by atoms with Crippen LogP contribution in [0, 0.1) is 5.92 Å². The van der Waals surface area contributed by atoms with Crippen LogP contribution in [0.1, 0.15) is 20.3 Å². The average molecular weight is 288 g/mol. The fourth-order valence-electron chi connectivity index (χ4n) is 1.67. The topological polar surface area (TPSA) is 67.2 Å². The van der Waals surface area contributed by atoms with E-state index < -0.39 is 10.0 Å². The van der Waals surface area contributed by atoms with Crippen LogP contribution in [0.15, 0.2) is 17.3 Å². The largest absolute Gasteiger partial charge is 0.318 e. The fourth-order valence-corrected chi connectivity index (χ4v) is 2.92. The Kier molecular flexibility index (Phi) is 5.96. The highest BCUT2D eigenvalue weighted by Gasteiger charge is 2.23. The third-order valence-corrected chi connectivity index (χ3v) is 4.95. The van der Waals surface area contributed by atoms with Crippen molar-refractivity contribution in [2.75, 3.05) is 27.2 Å². The van der Waals surface area contributed by atoms with E-state index in [1.807, 2.05) is 14.0 Å². The molecule has 0 aliphatic carbocycles. The molecule has 0 aromatic carbocycles. The molecule has 0 fully saturated rings. The summed E-state index contributed by atoms with van der Waals surface area (Å²) in [5, 5.41) is 7.07. The first-order valence-corrected chi connectivity index (χ1v) is 7.99. The number of rotatable bonds is 8. The molecule has 19 heavy (non-hydrogen) atoms. The molecule has 0 aliphatic heterocycles. The lowest BCUT2D eigenvalue weighted by Gasteiger charge is -2.19. The first-order chi connectivity index (χ1) is 8.91. The first kappa shape index (κ1) is 16.1. The maximum Gasteiger partial charge on any atom is 0.245 e. The van der Waals surface area contributed by atoms with Crippen LogP contribution in [-0.2, 0) is 16.6 Å². The lowest BCUT2D eigenvalue weighted by atomic mass is 10.1. The number of nitrogens with one attached hydrogen (secondary N) is 1. The molecule has 1 unspecified atom stereocenters. The van der Waals surface area contributed by atoms with E-state index in [0.29, 0.717) is 19.0 Å². The lowest BCUT2D eigenvalue weighted by Crippen LogP contribution is -2.30. The molecule has 7 heteroatoms. The zero-order chi connectivity index (χ0) is 14.5. The lowest BCUT2D eigenvalue weighted by molar-refractivity contribution is 0.393. The van der Waals surface area contributed by atoms with Crippen molar-refractivity contribution in [3.05, 3.63) is 12.4 Å². The molecule has 1 atom stereocenters. The van der Waals surface area contributed by atoms with Crippen molar-refractivity contribution in [1.29, 1.82) is 0 Å². The molecule has 0 radical (unpaired) electrons. The monoisotopic (exact) mass is 288 g/mol. The van der Waals surface area contributed by atoms with Crippen molar-refractivity contribution < 1.29 is 8.42 Å². The molecule has 0 aliphatic rings. The van der Waals surface area contributed by atoms with Gasteiger partial charge in [-0.25, -0.2) is 12.7 Å². The summed E-state index contributed by atoms with van der Waals surface area (Å²) in [7, 11) is 0.0470. The quantitative estimate of drug-likeness (QED) is 0.767. The molecule has 6 nitrogen and oxygen atoms in total. The molecule has 1 rings (SSSR count). The van der Waals surface area contributed by atoms with E-state index in [2.05, 4.69) is 17.3 Å². The molecule has 110 valence electrons. The highest BCUT2D eigenvalue weighted by molar-refractivity contribution is 7.89. The Morgan fingerprint density at radius 2 is 2.21 bits per heavy atom. The summed E-state index contributed by atoms with van der Waals surface area (Å²) in [6.45, 7) is 6.04. The Bertz CT molecular complexity index is 484. The predicted octanol–water partition coefficient (Wildman–Crippen LogP) is 0.769. The molecule has 1 heterocycles. The molecule has 0 spiro atoms. The number of likely N-dealkylation sites (N-methyl/N-ethyl adjacent to an activating group) is 1. The summed E-state index contributed by atoms with van der Waals surface area (Å²) in [6, 6.07) is 0. The van der Waals surface area contributed by atoms with E-state index in [-0.39, 0.29) is 4.90 Å². The molecule has 1 N–H and O–H groups in total. The van der Waals surface area contributed by atoms with Crippen LogP contribution >= 0.6 is 0 Å². The van der Waals surface area contributed by atoms with Gasteiger partial charge in [-0.05, 0) is 13.0 Å². The summed E-state index contributed by atoms with van der Waals surface area (Å²) in [5.41, 5.74) is 0. The number of hydrogen-bond acceptors (Lipinski definition) is 4. The van der Waals surface area contributed by atoms with Crippen molar-refractivity contribution in [3.8, 4) is 0 Å². The molecule has 0 saturated heterocycles. The zero-order valence-corrected chi connectivity index (χ0v) is 12.9. The van der Waals surface area contributed by atoms with Crippen LogP contribution in [0.2, 0.25) is 0 Å². The summed E-state index contributed by atoms with van der Waals surface area (Å²) in [6.07, 6.45) is 3.96. The van der Waals surface area contributed by atoms with Crippen molar-refractivity contribution in [2.24, 2.45) is 5.92 Å². The Labute approximate surface area is 115 Å². The molecular formula is C12H24N4O2S. The van der Waals surface area contributed by atoms with Gasteiger partial charge in [0, 0.05) is 26.3 Å². The summed E-state index contributed by atoms with van der Waals surface area (Å²) in [5.74, 6) is 0.346. The van der Waals surface area contributed by atoms with Gasteiger partial charge in [-0.3, -0.25) is 4.68 Å². The van der Waals surface area contributed by atoms with Crippen LogP contribution < -0.4 is 5.32 Å². The molecule has 1 aromatic heterocycles. The summed E-state index contributed by atoms with van der Waals surface area (Å²) in [4.78, 5) is 0.259. The number of nitrogens with zero attached hydrogens (tertiary/aromatic N) is 3. The van der Waals surface area contributed by atoms with Crippen LogP contribution in [0.4, 0.5) is 0 Å². The van der Waals surface area contributed by atoms with Gasteiger partial charge in [-0.1, -0.05) is 20.3 Å². The predicted molar refractivity (Wildman–Crippen MR) is 75.4 cm³/mol. The van der Waals surface area contributed by atoms with Gasteiger partial charge in [0.05, 0.1) is 12.7 Å². The molecule has 0 amide bonds. The summed E-state index contributed by atoms with van der Waals surface area (Å²) < 4.78 is 27.7. The second-order valence-corrected chi connectivity index (χ2v) is 6.89. The van der Waals surface area contributed by atoms with Gasteiger partial charge in [0.1, 0.15) is 4.90 Å². The van der Waals surface area contributed by atoms with Gasteiger partial charge in [-0.2, -0.15) is 5.10 Å². The third kappa shape index (κ3) is 4.29. The van der Waals surface area contributed by atoms with Gasteiger partial charge >= 0.3 is 0 Å². The van der Waals surface area contributed by atoms with Crippen molar-refractivity contribution in [1.82, 2.24) is 19.4 Å². The van der Waals surface area contributed by atoms with Crippen LogP contribution in [0.25, 0.3) is 0 Å². The maximum atomic E-state index is 12.3. The minimum Gasteiger partial charge on any atom is -0.318 e. The van der Waals surface area contributed by atoms with E-state index in [1.165, 1.54) is 10.5 Å². The Morgan fingerprint density at radius 1 is 1.53 bits per heavy atom. The number of sulfonamides is 1. The van der Waals surface area contributed by atoms with Crippen molar-refractivity contribution in [3.63, 3.8) is 0 Å². The SMILES string of the molecule is CCC(C)CN(C)S(=O)(=O)c1cnn(CCNC)c1.